The Morgan fingerprint density at radius 1 is 1.39 bits per heavy atom. The van der Waals surface area contributed by atoms with Crippen LogP contribution >= 0.6 is 15.9 Å². The summed E-state index contributed by atoms with van der Waals surface area (Å²) in [6, 6.07) is 5.94. The minimum Gasteiger partial charge on any atom is -0.325 e. The molecule has 1 fully saturated rings. The van der Waals surface area contributed by atoms with Crippen molar-refractivity contribution in [3.8, 4) is 0 Å². The third-order valence-corrected chi connectivity index (χ3v) is 4.01. The lowest BCUT2D eigenvalue weighted by molar-refractivity contribution is 0.186. The zero-order valence-corrected chi connectivity index (χ0v) is 12.5. The molecule has 0 atom stereocenters. The van der Waals surface area contributed by atoms with E-state index in [4.69, 9.17) is 0 Å². The Kier molecular flexibility index (Phi) is 4.27. The number of urea groups is 1. The van der Waals surface area contributed by atoms with Crippen LogP contribution in [-0.2, 0) is 0 Å². The molecule has 0 radical (unpaired) electrons. The van der Waals surface area contributed by atoms with Crippen molar-refractivity contribution >= 4 is 27.6 Å². The number of hydrogen-bond donors (Lipinski definition) is 1. The molecule has 1 aromatic rings. The fourth-order valence-electron chi connectivity index (χ4n) is 2.13. The Morgan fingerprint density at radius 2 is 2.06 bits per heavy atom. The molecule has 0 unspecified atom stereocenters. The van der Waals surface area contributed by atoms with Gasteiger partial charge < -0.3 is 10.2 Å². The molecule has 2 rings (SSSR count). The molecule has 1 aromatic carbocycles. The second-order valence-electron chi connectivity index (χ2n) is 5.06. The van der Waals surface area contributed by atoms with Crippen LogP contribution in [-0.4, -0.2) is 24.0 Å². The first-order valence-corrected chi connectivity index (χ1v) is 7.17. The Balaban J connectivity index is 2.00. The van der Waals surface area contributed by atoms with E-state index < -0.39 is 0 Å². The molecule has 1 saturated heterocycles. The Morgan fingerprint density at radius 3 is 2.72 bits per heavy atom. The summed E-state index contributed by atoms with van der Waals surface area (Å²) in [5, 5.41) is 2.99. The SMILES string of the molecule is Cc1ccc(Br)cc1NC(=O)N1CCC(C)CC1. The molecule has 2 amide bonds. The van der Waals surface area contributed by atoms with Crippen molar-refractivity contribution in [2.75, 3.05) is 18.4 Å². The molecule has 0 bridgehead atoms. The number of hydrogen-bond acceptors (Lipinski definition) is 1. The lowest BCUT2D eigenvalue weighted by Gasteiger charge is -2.30. The molecule has 0 aromatic heterocycles. The molecule has 1 aliphatic heterocycles. The summed E-state index contributed by atoms with van der Waals surface area (Å²) in [5.74, 6) is 0.738. The van der Waals surface area contributed by atoms with Gasteiger partial charge in [0.25, 0.3) is 0 Å². The summed E-state index contributed by atoms with van der Waals surface area (Å²) in [7, 11) is 0. The van der Waals surface area contributed by atoms with E-state index in [1.165, 1.54) is 0 Å². The highest BCUT2D eigenvalue weighted by atomic mass is 79.9. The van der Waals surface area contributed by atoms with Gasteiger partial charge in [0.1, 0.15) is 0 Å². The average molecular weight is 311 g/mol. The van der Waals surface area contributed by atoms with Crippen LogP contribution in [0.1, 0.15) is 25.3 Å². The van der Waals surface area contributed by atoms with E-state index in [1.807, 2.05) is 30.0 Å². The number of halogens is 1. The summed E-state index contributed by atoms with van der Waals surface area (Å²) in [4.78, 5) is 14.0. The molecule has 0 spiro atoms. The van der Waals surface area contributed by atoms with E-state index in [0.717, 1.165) is 47.6 Å². The molecule has 1 N–H and O–H groups in total. The Hall–Kier alpha value is -1.03. The van der Waals surface area contributed by atoms with E-state index >= 15 is 0 Å². The third-order valence-electron chi connectivity index (χ3n) is 3.51. The molecular weight excluding hydrogens is 292 g/mol. The van der Waals surface area contributed by atoms with Gasteiger partial charge in [-0.2, -0.15) is 0 Å². The second kappa shape index (κ2) is 5.74. The highest BCUT2D eigenvalue weighted by Gasteiger charge is 2.20. The van der Waals surface area contributed by atoms with Crippen molar-refractivity contribution in [1.29, 1.82) is 0 Å². The number of nitrogens with zero attached hydrogens (tertiary/aromatic N) is 1. The van der Waals surface area contributed by atoms with E-state index in [1.54, 1.807) is 0 Å². The van der Waals surface area contributed by atoms with Crippen molar-refractivity contribution in [3.05, 3.63) is 28.2 Å². The highest BCUT2D eigenvalue weighted by Crippen LogP contribution is 2.22. The van der Waals surface area contributed by atoms with Crippen LogP contribution in [0.25, 0.3) is 0 Å². The summed E-state index contributed by atoms with van der Waals surface area (Å²) in [6.07, 6.45) is 2.20. The molecule has 18 heavy (non-hydrogen) atoms. The van der Waals surface area contributed by atoms with Gasteiger partial charge in [-0.1, -0.05) is 28.9 Å². The lowest BCUT2D eigenvalue weighted by Crippen LogP contribution is -2.40. The predicted octanol–water partition coefficient (Wildman–Crippen LogP) is 4.02. The van der Waals surface area contributed by atoms with Gasteiger partial charge in [0, 0.05) is 23.2 Å². The fourth-order valence-corrected chi connectivity index (χ4v) is 2.50. The van der Waals surface area contributed by atoms with Crippen molar-refractivity contribution in [3.63, 3.8) is 0 Å². The molecule has 1 heterocycles. The normalized spacial score (nSPS) is 16.7. The van der Waals surface area contributed by atoms with Gasteiger partial charge in [0.15, 0.2) is 0 Å². The van der Waals surface area contributed by atoms with Crippen molar-refractivity contribution in [2.24, 2.45) is 5.92 Å². The zero-order chi connectivity index (χ0) is 13.1. The smallest absolute Gasteiger partial charge is 0.321 e. The van der Waals surface area contributed by atoms with Crippen LogP contribution in [0, 0.1) is 12.8 Å². The zero-order valence-electron chi connectivity index (χ0n) is 10.9. The number of anilines is 1. The largest absolute Gasteiger partial charge is 0.325 e. The quantitative estimate of drug-likeness (QED) is 0.834. The molecular formula is C14H19BrN2O. The van der Waals surface area contributed by atoms with Gasteiger partial charge in [-0.3, -0.25) is 0 Å². The minimum atomic E-state index is 0.0168. The highest BCUT2D eigenvalue weighted by molar-refractivity contribution is 9.10. The lowest BCUT2D eigenvalue weighted by atomic mass is 10.00. The maximum Gasteiger partial charge on any atom is 0.321 e. The number of nitrogens with one attached hydrogen (secondary N) is 1. The van der Waals surface area contributed by atoms with E-state index in [0.29, 0.717) is 0 Å². The molecule has 0 saturated carbocycles. The monoisotopic (exact) mass is 310 g/mol. The van der Waals surface area contributed by atoms with Crippen LogP contribution < -0.4 is 5.32 Å². The standard InChI is InChI=1S/C14H19BrN2O/c1-10-5-7-17(8-6-10)14(18)16-13-9-12(15)4-3-11(13)2/h3-4,9-10H,5-8H2,1-2H3,(H,16,18). The number of carbonyl (C=O) groups is 1. The number of aryl methyl sites for hydroxylation is 1. The molecule has 3 nitrogen and oxygen atoms in total. The number of amides is 2. The van der Waals surface area contributed by atoms with E-state index in [2.05, 4.69) is 28.2 Å². The van der Waals surface area contributed by atoms with Crippen LogP contribution in [0.2, 0.25) is 0 Å². The van der Waals surface area contributed by atoms with Crippen LogP contribution in [0.15, 0.2) is 22.7 Å². The molecule has 0 aliphatic carbocycles. The number of piperidine rings is 1. The van der Waals surface area contributed by atoms with Crippen molar-refractivity contribution in [1.82, 2.24) is 4.90 Å². The first kappa shape index (κ1) is 13.4. The van der Waals surface area contributed by atoms with Gasteiger partial charge >= 0.3 is 6.03 Å². The number of carbonyl (C=O) groups excluding carboxylic acids is 1. The van der Waals surface area contributed by atoms with Gasteiger partial charge in [-0.15, -0.1) is 0 Å². The Labute approximate surface area is 117 Å². The maximum atomic E-state index is 12.1. The summed E-state index contributed by atoms with van der Waals surface area (Å²) < 4.78 is 0.982. The summed E-state index contributed by atoms with van der Waals surface area (Å²) in [6.45, 7) is 5.97. The summed E-state index contributed by atoms with van der Waals surface area (Å²) >= 11 is 3.43. The number of benzene rings is 1. The van der Waals surface area contributed by atoms with E-state index in [-0.39, 0.29) is 6.03 Å². The summed E-state index contributed by atoms with van der Waals surface area (Å²) in [5.41, 5.74) is 1.96. The van der Waals surface area contributed by atoms with Crippen molar-refractivity contribution < 1.29 is 4.79 Å². The molecule has 4 heteroatoms. The average Bonchev–Trinajstić information content (AvgIpc) is 2.34. The van der Waals surface area contributed by atoms with Crippen LogP contribution in [0.3, 0.4) is 0 Å². The van der Waals surface area contributed by atoms with Crippen LogP contribution in [0.4, 0.5) is 10.5 Å². The fraction of sp³-hybridized carbons (Fsp3) is 0.500. The Bertz CT molecular complexity index is 439. The maximum absolute atomic E-state index is 12.1. The number of likely N-dealkylation sites (tertiary alicyclic amines) is 1. The second-order valence-corrected chi connectivity index (χ2v) is 5.97. The topological polar surface area (TPSA) is 32.3 Å². The molecule has 98 valence electrons. The first-order valence-electron chi connectivity index (χ1n) is 6.38. The van der Waals surface area contributed by atoms with Crippen molar-refractivity contribution in [2.45, 2.75) is 26.7 Å². The minimum absolute atomic E-state index is 0.0168. The predicted molar refractivity (Wildman–Crippen MR) is 77.9 cm³/mol. The van der Waals surface area contributed by atoms with Gasteiger partial charge in [0.2, 0.25) is 0 Å². The number of rotatable bonds is 1. The van der Waals surface area contributed by atoms with Gasteiger partial charge in [-0.05, 0) is 43.4 Å². The van der Waals surface area contributed by atoms with Gasteiger partial charge in [-0.25, -0.2) is 4.79 Å². The first-order chi connectivity index (χ1) is 8.56. The third kappa shape index (κ3) is 3.25. The van der Waals surface area contributed by atoms with Crippen LogP contribution in [0.5, 0.6) is 0 Å². The van der Waals surface area contributed by atoms with E-state index in [9.17, 15) is 4.79 Å². The molecule has 1 aliphatic rings. The van der Waals surface area contributed by atoms with Gasteiger partial charge in [0.05, 0.1) is 0 Å².